The van der Waals surface area contributed by atoms with Crippen molar-refractivity contribution in [3.63, 3.8) is 0 Å². The molecule has 0 fully saturated rings. The fourth-order valence-electron chi connectivity index (χ4n) is 2.24. The normalized spacial score (nSPS) is 10.3. The highest BCUT2D eigenvalue weighted by molar-refractivity contribution is 5.93. The number of hydrogen-bond donors (Lipinski definition) is 2. The summed E-state index contributed by atoms with van der Waals surface area (Å²) in [7, 11) is 1.52. The summed E-state index contributed by atoms with van der Waals surface area (Å²) in [4.78, 5) is 33.9. The number of carbonyl (C=O) groups is 2. The number of amides is 1. The van der Waals surface area contributed by atoms with E-state index < -0.39 is 16.8 Å². The number of methoxy groups -OCH3 is 1. The Hall–Kier alpha value is -3.46. The van der Waals surface area contributed by atoms with Crippen LogP contribution in [-0.4, -0.2) is 37.1 Å². The lowest BCUT2D eigenvalue weighted by atomic mass is 10.1. The molecule has 0 aromatic heterocycles. The van der Waals surface area contributed by atoms with Crippen LogP contribution in [0.1, 0.15) is 26.3 Å². The summed E-state index contributed by atoms with van der Waals surface area (Å²) in [5.41, 5.74) is 6.28. The van der Waals surface area contributed by atoms with Gasteiger partial charge >= 0.3 is 5.97 Å². The largest absolute Gasteiger partial charge is 0.457 e. The number of primary amides is 1. The summed E-state index contributed by atoms with van der Waals surface area (Å²) in [6.07, 6.45) is 0. The van der Waals surface area contributed by atoms with Crippen molar-refractivity contribution < 1.29 is 24.0 Å². The van der Waals surface area contributed by atoms with Gasteiger partial charge in [-0.2, -0.15) is 0 Å². The van der Waals surface area contributed by atoms with E-state index in [0.29, 0.717) is 24.3 Å². The second-order valence-electron chi connectivity index (χ2n) is 5.55. The molecule has 0 spiro atoms. The van der Waals surface area contributed by atoms with Gasteiger partial charge in [-0.25, -0.2) is 4.79 Å². The smallest absolute Gasteiger partial charge is 0.338 e. The van der Waals surface area contributed by atoms with Crippen molar-refractivity contribution in [1.82, 2.24) is 0 Å². The Labute approximate surface area is 155 Å². The number of esters is 1. The number of rotatable bonds is 9. The molecule has 9 heteroatoms. The topological polar surface area (TPSA) is 134 Å². The van der Waals surface area contributed by atoms with E-state index in [1.54, 1.807) is 12.1 Å². The monoisotopic (exact) mass is 373 g/mol. The molecule has 142 valence electrons. The van der Waals surface area contributed by atoms with E-state index in [1.165, 1.54) is 31.4 Å². The summed E-state index contributed by atoms with van der Waals surface area (Å²) in [6.45, 7) is 0.734. The summed E-state index contributed by atoms with van der Waals surface area (Å²) in [6, 6.07) is 10.3. The van der Waals surface area contributed by atoms with E-state index in [4.69, 9.17) is 15.2 Å². The van der Waals surface area contributed by atoms with E-state index in [-0.39, 0.29) is 23.5 Å². The molecule has 1 amide bonds. The van der Waals surface area contributed by atoms with Crippen molar-refractivity contribution in [2.45, 2.75) is 6.61 Å². The van der Waals surface area contributed by atoms with Crippen LogP contribution in [0.3, 0.4) is 0 Å². The Balaban J connectivity index is 2.05. The molecule has 0 atom stereocenters. The van der Waals surface area contributed by atoms with Gasteiger partial charge in [0, 0.05) is 25.3 Å². The molecule has 0 radical (unpaired) electrons. The summed E-state index contributed by atoms with van der Waals surface area (Å²) >= 11 is 0. The van der Waals surface area contributed by atoms with Gasteiger partial charge in [0.05, 0.1) is 17.1 Å². The number of nitro benzene ring substituents is 1. The zero-order valence-corrected chi connectivity index (χ0v) is 14.6. The number of ether oxygens (including phenoxy) is 2. The minimum Gasteiger partial charge on any atom is -0.457 e. The second kappa shape index (κ2) is 9.30. The molecular weight excluding hydrogens is 354 g/mol. The number of nitrogens with two attached hydrogens (primary N) is 1. The third kappa shape index (κ3) is 5.51. The van der Waals surface area contributed by atoms with E-state index >= 15 is 0 Å². The highest BCUT2D eigenvalue weighted by atomic mass is 16.6. The first kappa shape index (κ1) is 19.9. The number of anilines is 1. The average molecular weight is 373 g/mol. The van der Waals surface area contributed by atoms with Gasteiger partial charge in [0.1, 0.15) is 12.3 Å². The zero-order chi connectivity index (χ0) is 19.8. The van der Waals surface area contributed by atoms with Gasteiger partial charge in [-0.1, -0.05) is 12.1 Å². The van der Waals surface area contributed by atoms with E-state index in [1.807, 2.05) is 0 Å². The Morgan fingerprint density at radius 1 is 1.15 bits per heavy atom. The maximum atomic E-state index is 12.2. The molecule has 0 bridgehead atoms. The highest BCUT2D eigenvalue weighted by Crippen LogP contribution is 2.26. The van der Waals surface area contributed by atoms with Gasteiger partial charge in [0.25, 0.3) is 5.69 Å². The minimum absolute atomic E-state index is 0.0421. The van der Waals surface area contributed by atoms with E-state index in [9.17, 15) is 19.7 Å². The molecule has 0 saturated heterocycles. The van der Waals surface area contributed by atoms with Crippen molar-refractivity contribution in [2.24, 2.45) is 5.73 Å². The predicted octanol–water partition coefficient (Wildman–Crippen LogP) is 2.11. The molecule has 0 unspecified atom stereocenters. The molecule has 2 rings (SSSR count). The van der Waals surface area contributed by atoms with Crippen molar-refractivity contribution in [2.75, 3.05) is 25.6 Å². The van der Waals surface area contributed by atoms with Gasteiger partial charge in [-0.05, 0) is 29.8 Å². The first-order chi connectivity index (χ1) is 12.9. The highest BCUT2D eigenvalue weighted by Gasteiger charge is 2.18. The van der Waals surface area contributed by atoms with Gasteiger partial charge in [0.15, 0.2) is 0 Å². The van der Waals surface area contributed by atoms with Crippen LogP contribution >= 0.6 is 0 Å². The van der Waals surface area contributed by atoms with Gasteiger partial charge in [0.2, 0.25) is 5.91 Å². The van der Waals surface area contributed by atoms with Crippen molar-refractivity contribution in [1.29, 1.82) is 0 Å². The maximum Gasteiger partial charge on any atom is 0.338 e. The van der Waals surface area contributed by atoms with Crippen LogP contribution in [0.5, 0.6) is 0 Å². The Morgan fingerprint density at radius 2 is 1.81 bits per heavy atom. The van der Waals surface area contributed by atoms with Crippen LogP contribution in [0.25, 0.3) is 0 Å². The maximum absolute atomic E-state index is 12.2. The molecule has 2 aromatic rings. The Morgan fingerprint density at radius 3 is 2.41 bits per heavy atom. The first-order valence-electron chi connectivity index (χ1n) is 7.99. The van der Waals surface area contributed by atoms with Crippen LogP contribution in [0.15, 0.2) is 42.5 Å². The lowest BCUT2D eigenvalue weighted by Gasteiger charge is -2.09. The van der Waals surface area contributed by atoms with Crippen molar-refractivity contribution >= 4 is 23.3 Å². The minimum atomic E-state index is -0.694. The molecule has 3 N–H and O–H groups in total. The number of nitro groups is 1. The standard InChI is InChI=1S/C18H19N3O6/c1-26-9-8-20-15-7-6-14(10-16(15)21(24)25)18(23)27-11-12-2-4-13(5-3-12)17(19)22/h2-7,10,20H,8-9,11H2,1H3,(H2,19,22). The number of benzene rings is 2. The summed E-state index contributed by atoms with van der Waals surface area (Å²) in [5, 5.41) is 14.1. The number of hydrogen-bond acceptors (Lipinski definition) is 7. The van der Waals surface area contributed by atoms with Crippen molar-refractivity contribution in [3.8, 4) is 0 Å². The van der Waals surface area contributed by atoms with Crippen LogP contribution < -0.4 is 11.1 Å². The van der Waals surface area contributed by atoms with Crippen LogP contribution in [-0.2, 0) is 16.1 Å². The molecule has 0 aliphatic heterocycles. The Kier molecular flexibility index (Phi) is 6.84. The molecule has 27 heavy (non-hydrogen) atoms. The predicted molar refractivity (Wildman–Crippen MR) is 97.5 cm³/mol. The molecule has 9 nitrogen and oxygen atoms in total. The van der Waals surface area contributed by atoms with E-state index in [2.05, 4.69) is 5.32 Å². The fourth-order valence-corrected chi connectivity index (χ4v) is 2.24. The van der Waals surface area contributed by atoms with Crippen LogP contribution in [0, 0.1) is 10.1 Å². The van der Waals surface area contributed by atoms with E-state index in [0.717, 1.165) is 6.07 Å². The SMILES string of the molecule is COCCNc1ccc(C(=O)OCc2ccc(C(N)=O)cc2)cc1[N+](=O)[O-]. The molecule has 0 heterocycles. The molecule has 0 aliphatic rings. The van der Waals surface area contributed by atoms with Gasteiger partial charge < -0.3 is 20.5 Å². The third-order valence-corrected chi connectivity index (χ3v) is 3.66. The van der Waals surface area contributed by atoms with Gasteiger partial charge in [-0.15, -0.1) is 0 Å². The van der Waals surface area contributed by atoms with Crippen LogP contribution in [0.4, 0.5) is 11.4 Å². The number of nitrogens with zero attached hydrogens (tertiary/aromatic N) is 1. The lowest BCUT2D eigenvalue weighted by molar-refractivity contribution is -0.384. The summed E-state index contributed by atoms with van der Waals surface area (Å²) in [5.74, 6) is -1.24. The van der Waals surface area contributed by atoms with Crippen LogP contribution in [0.2, 0.25) is 0 Å². The third-order valence-electron chi connectivity index (χ3n) is 3.66. The summed E-state index contributed by atoms with van der Waals surface area (Å²) < 4.78 is 10.1. The number of carbonyl (C=O) groups excluding carboxylic acids is 2. The Bertz CT molecular complexity index is 835. The zero-order valence-electron chi connectivity index (χ0n) is 14.6. The van der Waals surface area contributed by atoms with Gasteiger partial charge in [-0.3, -0.25) is 14.9 Å². The average Bonchev–Trinajstić information content (AvgIpc) is 2.66. The quantitative estimate of drug-likeness (QED) is 0.297. The number of nitrogens with one attached hydrogen (secondary N) is 1. The second-order valence-corrected chi connectivity index (χ2v) is 5.55. The first-order valence-corrected chi connectivity index (χ1v) is 7.99. The fraction of sp³-hybridized carbons (Fsp3) is 0.222. The molecule has 2 aromatic carbocycles. The molecule has 0 aliphatic carbocycles. The molecule has 0 saturated carbocycles. The van der Waals surface area contributed by atoms with Crippen molar-refractivity contribution in [3.05, 3.63) is 69.3 Å². The lowest BCUT2D eigenvalue weighted by Crippen LogP contribution is -2.11. The molecular formula is C18H19N3O6.